The fourth-order valence-electron chi connectivity index (χ4n) is 3.40. The summed E-state index contributed by atoms with van der Waals surface area (Å²) in [6, 6.07) is 16.0. The van der Waals surface area contributed by atoms with Gasteiger partial charge in [-0.3, -0.25) is 14.4 Å². The zero-order valence-corrected chi connectivity index (χ0v) is 13.3. The highest BCUT2D eigenvalue weighted by atomic mass is 16.5. The maximum atomic E-state index is 13.5. The number of para-hydroxylation sites is 1. The van der Waals surface area contributed by atoms with Gasteiger partial charge in [-0.2, -0.15) is 0 Å². The summed E-state index contributed by atoms with van der Waals surface area (Å²) in [7, 11) is 0. The molecular formula is C21H14O4. The number of ether oxygens (including phenoxy) is 1. The molecule has 25 heavy (non-hydrogen) atoms. The van der Waals surface area contributed by atoms with Gasteiger partial charge in [0.1, 0.15) is 17.8 Å². The first-order valence-corrected chi connectivity index (χ1v) is 7.93. The van der Waals surface area contributed by atoms with Crippen LogP contribution in [0.3, 0.4) is 0 Å². The molecule has 0 saturated carbocycles. The molecule has 1 aliphatic heterocycles. The fourth-order valence-corrected chi connectivity index (χ4v) is 3.40. The lowest BCUT2D eigenvalue weighted by Crippen LogP contribution is -2.48. The van der Waals surface area contributed by atoms with Crippen LogP contribution in [0.1, 0.15) is 15.9 Å². The van der Waals surface area contributed by atoms with Crippen molar-refractivity contribution in [1.29, 1.82) is 0 Å². The van der Waals surface area contributed by atoms with E-state index in [1.54, 1.807) is 48.5 Å². The molecule has 1 unspecified atom stereocenters. The van der Waals surface area contributed by atoms with Gasteiger partial charge < -0.3 is 4.74 Å². The first kappa shape index (κ1) is 15.3. The van der Waals surface area contributed by atoms with E-state index in [-0.39, 0.29) is 29.5 Å². The molecular weight excluding hydrogens is 316 g/mol. The predicted octanol–water partition coefficient (Wildman–Crippen LogP) is 2.83. The van der Waals surface area contributed by atoms with E-state index in [1.807, 2.05) is 6.07 Å². The van der Waals surface area contributed by atoms with Crippen LogP contribution < -0.4 is 4.74 Å². The molecule has 0 fully saturated rings. The first-order valence-electron chi connectivity index (χ1n) is 7.93. The van der Waals surface area contributed by atoms with Gasteiger partial charge in [0.15, 0.2) is 17.3 Å². The number of fused-ring (bicyclic) bond motifs is 1. The van der Waals surface area contributed by atoms with E-state index in [2.05, 4.69) is 0 Å². The SMILES string of the molecule is O=C1C=CC(=O)C(C2(c3ccccc3)COc3ccccc3C2=O)=C1. The Kier molecular flexibility index (Phi) is 3.46. The summed E-state index contributed by atoms with van der Waals surface area (Å²) in [5.41, 5.74) is -0.121. The van der Waals surface area contributed by atoms with Crippen molar-refractivity contribution in [2.75, 3.05) is 6.61 Å². The molecule has 2 aromatic carbocycles. The molecule has 4 rings (SSSR count). The van der Waals surface area contributed by atoms with E-state index in [0.29, 0.717) is 16.9 Å². The molecule has 0 saturated heterocycles. The number of hydrogen-bond acceptors (Lipinski definition) is 4. The van der Waals surface area contributed by atoms with Crippen LogP contribution in [0, 0.1) is 0 Å². The quantitative estimate of drug-likeness (QED) is 0.795. The highest BCUT2D eigenvalue weighted by Crippen LogP contribution is 2.43. The molecule has 122 valence electrons. The minimum absolute atomic E-state index is 0.0223. The fraction of sp³-hybridized carbons (Fsp3) is 0.0952. The summed E-state index contributed by atoms with van der Waals surface area (Å²) in [6.45, 7) is -0.0223. The monoisotopic (exact) mass is 330 g/mol. The molecule has 0 bridgehead atoms. The Bertz CT molecular complexity index is 953. The summed E-state index contributed by atoms with van der Waals surface area (Å²) in [5.74, 6) is -0.399. The lowest BCUT2D eigenvalue weighted by molar-refractivity contribution is -0.115. The zero-order valence-electron chi connectivity index (χ0n) is 13.3. The van der Waals surface area contributed by atoms with Gasteiger partial charge in [0.05, 0.1) is 5.56 Å². The summed E-state index contributed by atoms with van der Waals surface area (Å²) >= 11 is 0. The molecule has 0 radical (unpaired) electrons. The summed E-state index contributed by atoms with van der Waals surface area (Å²) < 4.78 is 5.85. The van der Waals surface area contributed by atoms with Gasteiger partial charge in [0.25, 0.3) is 0 Å². The number of hydrogen-bond donors (Lipinski definition) is 0. The highest BCUT2D eigenvalue weighted by molar-refractivity contribution is 6.24. The number of rotatable bonds is 2. The van der Waals surface area contributed by atoms with Gasteiger partial charge >= 0.3 is 0 Å². The minimum atomic E-state index is -1.33. The Hall–Kier alpha value is -3.27. The molecule has 4 nitrogen and oxygen atoms in total. The average molecular weight is 330 g/mol. The molecule has 1 heterocycles. The van der Waals surface area contributed by atoms with E-state index >= 15 is 0 Å². The molecule has 0 spiro atoms. The van der Waals surface area contributed by atoms with Gasteiger partial charge in [0, 0.05) is 5.57 Å². The molecule has 0 N–H and O–H groups in total. The Balaban J connectivity index is 1.98. The van der Waals surface area contributed by atoms with Crippen LogP contribution in [0.15, 0.2) is 78.4 Å². The van der Waals surface area contributed by atoms with Crippen LogP contribution in [0.5, 0.6) is 5.75 Å². The second-order valence-corrected chi connectivity index (χ2v) is 6.04. The maximum Gasteiger partial charge on any atom is 0.185 e. The average Bonchev–Trinajstić information content (AvgIpc) is 2.65. The molecule has 0 amide bonds. The predicted molar refractivity (Wildman–Crippen MR) is 91.6 cm³/mol. The molecule has 2 aromatic rings. The third-order valence-electron chi connectivity index (χ3n) is 4.64. The van der Waals surface area contributed by atoms with E-state index < -0.39 is 5.41 Å². The van der Waals surface area contributed by atoms with E-state index in [0.717, 1.165) is 0 Å². The zero-order chi connectivity index (χ0) is 17.4. The third kappa shape index (κ3) is 2.26. The van der Waals surface area contributed by atoms with Crippen LogP contribution in [-0.4, -0.2) is 24.0 Å². The van der Waals surface area contributed by atoms with E-state index in [4.69, 9.17) is 4.74 Å². The minimum Gasteiger partial charge on any atom is -0.491 e. The van der Waals surface area contributed by atoms with Crippen molar-refractivity contribution in [3.05, 3.63) is 89.5 Å². The lowest BCUT2D eigenvalue weighted by atomic mass is 9.66. The number of benzene rings is 2. The van der Waals surface area contributed by atoms with Gasteiger partial charge in [-0.25, -0.2) is 0 Å². The van der Waals surface area contributed by atoms with Crippen molar-refractivity contribution < 1.29 is 19.1 Å². The van der Waals surface area contributed by atoms with E-state index in [1.165, 1.54) is 18.2 Å². The summed E-state index contributed by atoms with van der Waals surface area (Å²) in [5, 5.41) is 0. The molecule has 2 aliphatic rings. The smallest absolute Gasteiger partial charge is 0.185 e. The standard InChI is InChI=1S/C21H14O4/c22-15-10-11-18(23)17(12-15)21(14-6-2-1-3-7-14)13-25-19-9-5-4-8-16(19)20(21)24/h1-12H,13H2. The molecule has 1 aliphatic carbocycles. The van der Waals surface area contributed by atoms with Crippen molar-refractivity contribution in [3.63, 3.8) is 0 Å². The molecule has 4 heteroatoms. The van der Waals surface area contributed by atoms with Crippen LogP contribution in [0.4, 0.5) is 0 Å². The van der Waals surface area contributed by atoms with Crippen molar-refractivity contribution in [2.24, 2.45) is 0 Å². The van der Waals surface area contributed by atoms with Crippen LogP contribution >= 0.6 is 0 Å². The highest BCUT2D eigenvalue weighted by Gasteiger charge is 2.50. The van der Waals surface area contributed by atoms with Gasteiger partial charge in [-0.05, 0) is 35.9 Å². The van der Waals surface area contributed by atoms with Gasteiger partial charge in [-0.15, -0.1) is 0 Å². The van der Waals surface area contributed by atoms with Gasteiger partial charge in [0.2, 0.25) is 0 Å². The molecule has 1 atom stereocenters. The number of carbonyl (C=O) groups excluding carboxylic acids is 3. The maximum absolute atomic E-state index is 13.5. The Morgan fingerprint density at radius 1 is 0.840 bits per heavy atom. The second-order valence-electron chi connectivity index (χ2n) is 6.04. The summed E-state index contributed by atoms with van der Waals surface area (Å²) in [6.07, 6.45) is 3.69. The second kappa shape index (κ2) is 5.67. The summed E-state index contributed by atoms with van der Waals surface area (Å²) in [4.78, 5) is 38.0. The Morgan fingerprint density at radius 2 is 1.56 bits per heavy atom. The van der Waals surface area contributed by atoms with Crippen molar-refractivity contribution in [3.8, 4) is 5.75 Å². The normalized spacial score (nSPS) is 22.2. The van der Waals surface area contributed by atoms with Crippen LogP contribution in [-0.2, 0) is 15.0 Å². The number of Topliss-reactive ketones (excluding diaryl/α,β-unsaturated/α-hetero) is 1. The van der Waals surface area contributed by atoms with Gasteiger partial charge in [-0.1, -0.05) is 42.5 Å². The molecule has 0 aromatic heterocycles. The largest absolute Gasteiger partial charge is 0.491 e. The Morgan fingerprint density at radius 3 is 2.36 bits per heavy atom. The Labute approximate surface area is 144 Å². The first-order chi connectivity index (χ1) is 12.1. The topological polar surface area (TPSA) is 60.4 Å². The van der Waals surface area contributed by atoms with Crippen molar-refractivity contribution in [1.82, 2.24) is 0 Å². The van der Waals surface area contributed by atoms with Crippen molar-refractivity contribution >= 4 is 17.3 Å². The van der Waals surface area contributed by atoms with E-state index in [9.17, 15) is 14.4 Å². The van der Waals surface area contributed by atoms with Crippen LogP contribution in [0.2, 0.25) is 0 Å². The lowest BCUT2D eigenvalue weighted by Gasteiger charge is -2.38. The van der Waals surface area contributed by atoms with Crippen molar-refractivity contribution in [2.45, 2.75) is 5.41 Å². The number of allylic oxidation sites excluding steroid dienone is 3. The number of ketones is 3. The third-order valence-corrected chi connectivity index (χ3v) is 4.64. The van der Waals surface area contributed by atoms with Crippen LogP contribution in [0.25, 0.3) is 0 Å². The number of carbonyl (C=O) groups is 3.